The van der Waals surface area contributed by atoms with Crippen LogP contribution in [0.15, 0.2) is 10.9 Å². The maximum absolute atomic E-state index is 11.9. The van der Waals surface area contributed by atoms with Crippen molar-refractivity contribution in [1.29, 1.82) is 0 Å². The third-order valence-corrected chi connectivity index (χ3v) is 4.54. The molecule has 3 heterocycles. The molecule has 0 bridgehead atoms. The van der Waals surface area contributed by atoms with Gasteiger partial charge in [0.05, 0.1) is 6.54 Å². The first-order valence-corrected chi connectivity index (χ1v) is 7.68. The summed E-state index contributed by atoms with van der Waals surface area (Å²) >= 11 is 1.50. The Bertz CT molecular complexity index is 679. The van der Waals surface area contributed by atoms with Gasteiger partial charge < -0.3 is 5.32 Å². The summed E-state index contributed by atoms with van der Waals surface area (Å²) in [5.74, 6) is 0. The molecule has 1 aliphatic heterocycles. The summed E-state index contributed by atoms with van der Waals surface area (Å²) in [5, 5.41) is 8.81. The number of nitrogens with zero attached hydrogens (tertiary/aromatic N) is 4. The molecule has 2 aromatic heterocycles. The lowest BCUT2D eigenvalue weighted by Gasteiger charge is -2.36. The van der Waals surface area contributed by atoms with Crippen LogP contribution in [0.2, 0.25) is 0 Å². The van der Waals surface area contributed by atoms with E-state index in [0.717, 1.165) is 30.3 Å². The molecule has 0 aromatic carbocycles. The zero-order valence-electron chi connectivity index (χ0n) is 12.0. The predicted octanol–water partition coefficient (Wildman–Crippen LogP) is 0.642. The second-order valence-corrected chi connectivity index (χ2v) is 6.55. The van der Waals surface area contributed by atoms with Crippen LogP contribution >= 0.6 is 11.3 Å². The van der Waals surface area contributed by atoms with Crippen molar-refractivity contribution < 1.29 is 0 Å². The SMILES string of the molecule is Cc1cc(=O)n2nc(CN3CC(C)NCC3C)sc2n1. The Morgan fingerprint density at radius 2 is 2.30 bits per heavy atom. The van der Waals surface area contributed by atoms with Crippen LogP contribution in [0.5, 0.6) is 0 Å². The zero-order chi connectivity index (χ0) is 14.3. The molecule has 2 atom stereocenters. The maximum Gasteiger partial charge on any atom is 0.275 e. The predicted molar refractivity (Wildman–Crippen MR) is 79.2 cm³/mol. The van der Waals surface area contributed by atoms with Crippen LogP contribution in [-0.2, 0) is 6.54 Å². The molecule has 1 aliphatic rings. The van der Waals surface area contributed by atoms with E-state index < -0.39 is 0 Å². The van der Waals surface area contributed by atoms with E-state index in [4.69, 9.17) is 0 Å². The van der Waals surface area contributed by atoms with Crippen molar-refractivity contribution in [2.75, 3.05) is 13.1 Å². The molecule has 108 valence electrons. The molecule has 0 amide bonds. The first-order valence-electron chi connectivity index (χ1n) is 6.87. The Labute approximate surface area is 121 Å². The normalized spacial score (nSPS) is 24.4. The summed E-state index contributed by atoms with van der Waals surface area (Å²) < 4.78 is 1.41. The number of nitrogens with one attached hydrogen (secondary N) is 1. The van der Waals surface area contributed by atoms with E-state index in [0.29, 0.717) is 17.0 Å². The van der Waals surface area contributed by atoms with Crippen LogP contribution in [0, 0.1) is 6.92 Å². The summed E-state index contributed by atoms with van der Waals surface area (Å²) in [4.78, 5) is 19.3. The number of piperazine rings is 1. The minimum Gasteiger partial charge on any atom is -0.311 e. The summed E-state index contributed by atoms with van der Waals surface area (Å²) in [7, 11) is 0. The fourth-order valence-electron chi connectivity index (χ4n) is 2.52. The van der Waals surface area contributed by atoms with E-state index in [1.165, 1.54) is 21.9 Å². The lowest BCUT2D eigenvalue weighted by molar-refractivity contribution is 0.138. The van der Waals surface area contributed by atoms with E-state index in [-0.39, 0.29) is 5.56 Å². The van der Waals surface area contributed by atoms with Crippen molar-refractivity contribution in [2.45, 2.75) is 39.4 Å². The quantitative estimate of drug-likeness (QED) is 0.880. The molecule has 1 N–H and O–H groups in total. The highest BCUT2D eigenvalue weighted by Crippen LogP contribution is 2.16. The minimum atomic E-state index is -0.100. The van der Waals surface area contributed by atoms with Gasteiger partial charge in [0, 0.05) is 36.9 Å². The first kappa shape index (κ1) is 13.7. The molecular weight excluding hydrogens is 274 g/mol. The molecule has 7 heteroatoms. The van der Waals surface area contributed by atoms with Crippen LogP contribution < -0.4 is 10.9 Å². The van der Waals surface area contributed by atoms with Crippen molar-refractivity contribution >= 4 is 16.3 Å². The minimum absolute atomic E-state index is 0.100. The van der Waals surface area contributed by atoms with E-state index in [1.54, 1.807) is 0 Å². The molecule has 0 radical (unpaired) electrons. The first-order chi connectivity index (χ1) is 9.52. The topological polar surface area (TPSA) is 62.5 Å². The van der Waals surface area contributed by atoms with Gasteiger partial charge in [-0.1, -0.05) is 11.3 Å². The summed E-state index contributed by atoms with van der Waals surface area (Å²) in [6.07, 6.45) is 0. The van der Waals surface area contributed by atoms with Crippen LogP contribution in [0.1, 0.15) is 24.5 Å². The molecule has 1 saturated heterocycles. The number of aromatic nitrogens is 3. The van der Waals surface area contributed by atoms with Crippen LogP contribution in [0.25, 0.3) is 4.96 Å². The molecule has 6 nitrogen and oxygen atoms in total. The van der Waals surface area contributed by atoms with Gasteiger partial charge in [-0.15, -0.1) is 0 Å². The van der Waals surface area contributed by atoms with Gasteiger partial charge in [0.25, 0.3) is 5.56 Å². The molecule has 1 fully saturated rings. The Hall–Kier alpha value is -1.31. The number of hydrogen-bond acceptors (Lipinski definition) is 6. The molecule has 0 aliphatic carbocycles. The van der Waals surface area contributed by atoms with Gasteiger partial charge in [-0.05, 0) is 20.8 Å². The standard InChI is InChI=1S/C13H19N5OS/c1-8-4-12(19)18-13(15-8)20-11(16-18)7-17-6-9(2)14-5-10(17)3/h4,9-10,14H,5-7H2,1-3H3. The highest BCUT2D eigenvalue weighted by atomic mass is 32.1. The summed E-state index contributed by atoms with van der Waals surface area (Å²) in [6.45, 7) is 9.00. The summed E-state index contributed by atoms with van der Waals surface area (Å²) in [5.41, 5.74) is 0.645. The zero-order valence-corrected chi connectivity index (χ0v) is 12.8. The van der Waals surface area contributed by atoms with Gasteiger partial charge in [-0.3, -0.25) is 9.69 Å². The van der Waals surface area contributed by atoms with Gasteiger partial charge in [-0.25, -0.2) is 4.98 Å². The monoisotopic (exact) mass is 293 g/mol. The molecule has 0 spiro atoms. The average molecular weight is 293 g/mol. The number of aryl methyl sites for hydroxylation is 1. The van der Waals surface area contributed by atoms with E-state index in [2.05, 4.69) is 34.1 Å². The highest BCUT2D eigenvalue weighted by Gasteiger charge is 2.23. The van der Waals surface area contributed by atoms with Gasteiger partial charge in [0.2, 0.25) is 4.96 Å². The third kappa shape index (κ3) is 2.61. The molecule has 3 rings (SSSR count). The van der Waals surface area contributed by atoms with E-state index in [9.17, 15) is 4.79 Å². The second kappa shape index (κ2) is 5.23. The van der Waals surface area contributed by atoms with Crippen molar-refractivity contribution in [2.24, 2.45) is 0 Å². The van der Waals surface area contributed by atoms with E-state index >= 15 is 0 Å². The Morgan fingerprint density at radius 1 is 1.50 bits per heavy atom. The number of rotatable bonds is 2. The van der Waals surface area contributed by atoms with Crippen LogP contribution in [0.4, 0.5) is 0 Å². The lowest BCUT2D eigenvalue weighted by Crippen LogP contribution is -2.53. The molecule has 2 aromatic rings. The highest BCUT2D eigenvalue weighted by molar-refractivity contribution is 7.16. The Kier molecular flexibility index (Phi) is 3.57. The Balaban J connectivity index is 1.87. The van der Waals surface area contributed by atoms with E-state index in [1.807, 2.05) is 6.92 Å². The van der Waals surface area contributed by atoms with Crippen molar-refractivity contribution in [3.63, 3.8) is 0 Å². The van der Waals surface area contributed by atoms with Gasteiger partial charge in [-0.2, -0.15) is 9.61 Å². The number of hydrogen-bond donors (Lipinski definition) is 1. The number of fused-ring (bicyclic) bond motifs is 1. The molecule has 0 saturated carbocycles. The second-order valence-electron chi connectivity index (χ2n) is 5.51. The molecule has 2 unspecified atom stereocenters. The fourth-order valence-corrected chi connectivity index (χ4v) is 3.49. The van der Waals surface area contributed by atoms with Gasteiger partial charge in [0.15, 0.2) is 0 Å². The van der Waals surface area contributed by atoms with Gasteiger partial charge >= 0.3 is 0 Å². The van der Waals surface area contributed by atoms with Crippen molar-refractivity contribution in [3.05, 3.63) is 27.1 Å². The largest absolute Gasteiger partial charge is 0.311 e. The lowest BCUT2D eigenvalue weighted by atomic mass is 10.1. The van der Waals surface area contributed by atoms with Crippen LogP contribution in [-0.4, -0.2) is 44.7 Å². The van der Waals surface area contributed by atoms with Crippen molar-refractivity contribution in [3.8, 4) is 0 Å². The summed E-state index contributed by atoms with van der Waals surface area (Å²) in [6, 6.07) is 2.49. The third-order valence-electron chi connectivity index (χ3n) is 3.65. The fraction of sp³-hybridized carbons (Fsp3) is 0.615. The molecular formula is C13H19N5OS. The average Bonchev–Trinajstić information content (AvgIpc) is 2.76. The van der Waals surface area contributed by atoms with Gasteiger partial charge in [0.1, 0.15) is 5.01 Å². The Morgan fingerprint density at radius 3 is 3.10 bits per heavy atom. The molecule has 20 heavy (non-hydrogen) atoms. The van der Waals surface area contributed by atoms with Crippen molar-refractivity contribution in [1.82, 2.24) is 24.8 Å². The maximum atomic E-state index is 11.9. The smallest absolute Gasteiger partial charge is 0.275 e. The van der Waals surface area contributed by atoms with Crippen LogP contribution in [0.3, 0.4) is 0 Å².